The standard InChI is InChI=1S/C10H10N2O2/c11-7-4-8-12(14)10(13)9-5-2-1-3-6-9/h1-3,5-6,14H,4,8H2. The Labute approximate surface area is 82.0 Å². The molecule has 0 spiro atoms. The molecule has 72 valence electrons. The predicted octanol–water partition coefficient (Wildman–Crippen LogP) is 1.43. The number of amides is 1. The maximum Gasteiger partial charge on any atom is 0.277 e. The van der Waals surface area contributed by atoms with Crippen LogP contribution in [0.25, 0.3) is 0 Å². The van der Waals surface area contributed by atoms with Gasteiger partial charge in [-0.15, -0.1) is 0 Å². The van der Waals surface area contributed by atoms with Crippen LogP contribution in [0.5, 0.6) is 0 Å². The van der Waals surface area contributed by atoms with Gasteiger partial charge in [-0.25, -0.2) is 5.06 Å². The molecule has 0 radical (unpaired) electrons. The number of hydrogen-bond donors (Lipinski definition) is 1. The fourth-order valence-corrected chi connectivity index (χ4v) is 0.987. The molecule has 4 heteroatoms. The number of nitriles is 1. The highest BCUT2D eigenvalue weighted by atomic mass is 16.5. The second-order valence-electron chi connectivity index (χ2n) is 2.70. The maximum atomic E-state index is 11.4. The summed E-state index contributed by atoms with van der Waals surface area (Å²) in [5, 5.41) is 18.1. The average Bonchev–Trinajstić information content (AvgIpc) is 2.26. The van der Waals surface area contributed by atoms with Crippen molar-refractivity contribution in [2.24, 2.45) is 0 Å². The predicted molar refractivity (Wildman–Crippen MR) is 49.5 cm³/mol. The van der Waals surface area contributed by atoms with Gasteiger partial charge in [-0.1, -0.05) is 18.2 Å². The number of carbonyl (C=O) groups is 1. The minimum Gasteiger partial charge on any atom is -0.286 e. The van der Waals surface area contributed by atoms with E-state index in [0.717, 1.165) is 0 Å². The van der Waals surface area contributed by atoms with Gasteiger partial charge in [-0.3, -0.25) is 10.0 Å². The van der Waals surface area contributed by atoms with Crippen molar-refractivity contribution in [3.05, 3.63) is 35.9 Å². The van der Waals surface area contributed by atoms with E-state index in [-0.39, 0.29) is 13.0 Å². The molecule has 0 atom stereocenters. The van der Waals surface area contributed by atoms with Gasteiger partial charge >= 0.3 is 0 Å². The Morgan fingerprint density at radius 2 is 2.07 bits per heavy atom. The second kappa shape index (κ2) is 5.00. The molecule has 0 aliphatic carbocycles. The van der Waals surface area contributed by atoms with E-state index < -0.39 is 5.91 Å². The molecule has 0 fully saturated rings. The molecule has 14 heavy (non-hydrogen) atoms. The third kappa shape index (κ3) is 2.57. The summed E-state index contributed by atoms with van der Waals surface area (Å²) in [4.78, 5) is 11.4. The summed E-state index contributed by atoms with van der Waals surface area (Å²) in [5.41, 5.74) is 0.410. The summed E-state index contributed by atoms with van der Waals surface area (Å²) in [7, 11) is 0. The largest absolute Gasteiger partial charge is 0.286 e. The number of hydroxylamine groups is 2. The van der Waals surface area contributed by atoms with Crippen LogP contribution in [0.2, 0.25) is 0 Å². The van der Waals surface area contributed by atoms with Crippen LogP contribution in [0.3, 0.4) is 0 Å². The van der Waals surface area contributed by atoms with E-state index in [1.807, 2.05) is 6.07 Å². The number of carbonyl (C=O) groups excluding carboxylic acids is 1. The van der Waals surface area contributed by atoms with Gasteiger partial charge in [-0.05, 0) is 12.1 Å². The second-order valence-corrected chi connectivity index (χ2v) is 2.70. The van der Waals surface area contributed by atoms with Crippen LogP contribution >= 0.6 is 0 Å². The number of nitrogens with zero attached hydrogens (tertiary/aromatic N) is 2. The third-order valence-electron chi connectivity index (χ3n) is 1.69. The van der Waals surface area contributed by atoms with E-state index in [1.165, 1.54) is 0 Å². The lowest BCUT2D eigenvalue weighted by Crippen LogP contribution is -2.28. The van der Waals surface area contributed by atoms with Crippen molar-refractivity contribution in [3.8, 4) is 6.07 Å². The average molecular weight is 190 g/mol. The van der Waals surface area contributed by atoms with Crippen LogP contribution in [0.4, 0.5) is 0 Å². The van der Waals surface area contributed by atoms with Crippen molar-refractivity contribution in [3.63, 3.8) is 0 Å². The van der Waals surface area contributed by atoms with Crippen LogP contribution in [0, 0.1) is 11.3 Å². The first-order valence-corrected chi connectivity index (χ1v) is 4.18. The monoisotopic (exact) mass is 190 g/mol. The van der Waals surface area contributed by atoms with E-state index in [9.17, 15) is 10.0 Å². The first-order chi connectivity index (χ1) is 6.75. The first-order valence-electron chi connectivity index (χ1n) is 4.18. The van der Waals surface area contributed by atoms with E-state index in [4.69, 9.17) is 5.26 Å². The van der Waals surface area contributed by atoms with Crippen molar-refractivity contribution < 1.29 is 10.0 Å². The van der Waals surface area contributed by atoms with E-state index in [2.05, 4.69) is 0 Å². The molecule has 1 aromatic rings. The molecule has 0 aliphatic rings. The topological polar surface area (TPSA) is 64.3 Å². The molecule has 0 aromatic heterocycles. The lowest BCUT2D eigenvalue weighted by Gasteiger charge is -2.12. The summed E-state index contributed by atoms with van der Waals surface area (Å²) in [6.45, 7) is 0.0320. The minimum absolute atomic E-state index is 0.0320. The van der Waals surface area contributed by atoms with Gasteiger partial charge in [-0.2, -0.15) is 5.26 Å². The normalized spacial score (nSPS) is 9.14. The van der Waals surface area contributed by atoms with Crippen molar-refractivity contribution in [1.29, 1.82) is 5.26 Å². The molecule has 0 saturated heterocycles. The highest BCUT2D eigenvalue weighted by Gasteiger charge is 2.11. The first kappa shape index (κ1) is 10.2. The molecule has 0 unspecified atom stereocenters. The van der Waals surface area contributed by atoms with Crippen LogP contribution in [0.15, 0.2) is 30.3 Å². The fourth-order valence-electron chi connectivity index (χ4n) is 0.987. The zero-order valence-electron chi connectivity index (χ0n) is 7.55. The fraction of sp³-hybridized carbons (Fsp3) is 0.200. The lowest BCUT2D eigenvalue weighted by atomic mass is 10.2. The molecule has 1 rings (SSSR count). The highest BCUT2D eigenvalue weighted by molar-refractivity contribution is 5.93. The van der Waals surface area contributed by atoms with Crippen LogP contribution in [-0.4, -0.2) is 22.7 Å². The molecule has 0 bridgehead atoms. The highest BCUT2D eigenvalue weighted by Crippen LogP contribution is 2.02. The summed E-state index contributed by atoms with van der Waals surface area (Å²) in [5.74, 6) is -0.485. The Balaban J connectivity index is 2.63. The lowest BCUT2D eigenvalue weighted by molar-refractivity contribution is -0.0564. The van der Waals surface area contributed by atoms with Gasteiger partial charge in [0.1, 0.15) is 0 Å². The molecule has 0 heterocycles. The summed E-state index contributed by atoms with van der Waals surface area (Å²) in [6.07, 6.45) is 0.120. The third-order valence-corrected chi connectivity index (χ3v) is 1.69. The smallest absolute Gasteiger partial charge is 0.277 e. The van der Waals surface area contributed by atoms with Crippen LogP contribution in [-0.2, 0) is 0 Å². The quantitative estimate of drug-likeness (QED) is 0.579. The molecule has 0 aliphatic heterocycles. The van der Waals surface area contributed by atoms with Gasteiger partial charge in [0.2, 0.25) is 0 Å². The number of hydrogen-bond acceptors (Lipinski definition) is 3. The molecule has 4 nitrogen and oxygen atoms in total. The SMILES string of the molecule is N#CCCN(O)C(=O)c1ccccc1. The molecule has 1 aromatic carbocycles. The number of benzene rings is 1. The summed E-state index contributed by atoms with van der Waals surface area (Å²) in [6, 6.07) is 10.3. The van der Waals surface area contributed by atoms with E-state index in [0.29, 0.717) is 10.6 Å². The van der Waals surface area contributed by atoms with Crippen molar-refractivity contribution in [2.75, 3.05) is 6.54 Å². The van der Waals surface area contributed by atoms with E-state index >= 15 is 0 Å². The Hall–Kier alpha value is -1.86. The molecule has 0 saturated carbocycles. The zero-order chi connectivity index (χ0) is 10.4. The Kier molecular flexibility index (Phi) is 3.65. The summed E-state index contributed by atoms with van der Waals surface area (Å²) >= 11 is 0. The number of rotatable bonds is 3. The van der Waals surface area contributed by atoms with Gasteiger partial charge < -0.3 is 0 Å². The Bertz CT molecular complexity index is 343. The molecular weight excluding hydrogens is 180 g/mol. The van der Waals surface area contributed by atoms with Gasteiger partial charge in [0, 0.05) is 5.56 Å². The van der Waals surface area contributed by atoms with Crippen molar-refractivity contribution >= 4 is 5.91 Å². The van der Waals surface area contributed by atoms with Gasteiger partial charge in [0.15, 0.2) is 0 Å². The molecule has 1 amide bonds. The van der Waals surface area contributed by atoms with Crippen molar-refractivity contribution in [2.45, 2.75) is 6.42 Å². The molecule has 1 N–H and O–H groups in total. The molecular formula is C10H10N2O2. The Morgan fingerprint density at radius 1 is 1.43 bits per heavy atom. The van der Waals surface area contributed by atoms with Gasteiger partial charge in [0.25, 0.3) is 5.91 Å². The van der Waals surface area contributed by atoms with Gasteiger partial charge in [0.05, 0.1) is 19.0 Å². The zero-order valence-corrected chi connectivity index (χ0v) is 7.55. The maximum absolute atomic E-state index is 11.4. The van der Waals surface area contributed by atoms with Crippen LogP contribution in [0.1, 0.15) is 16.8 Å². The van der Waals surface area contributed by atoms with E-state index in [1.54, 1.807) is 30.3 Å². The Morgan fingerprint density at radius 3 is 2.64 bits per heavy atom. The summed E-state index contributed by atoms with van der Waals surface area (Å²) < 4.78 is 0. The van der Waals surface area contributed by atoms with Crippen molar-refractivity contribution in [1.82, 2.24) is 5.06 Å². The van der Waals surface area contributed by atoms with Crippen LogP contribution < -0.4 is 0 Å². The minimum atomic E-state index is -0.485.